The summed E-state index contributed by atoms with van der Waals surface area (Å²) < 4.78 is 31.2. The summed E-state index contributed by atoms with van der Waals surface area (Å²) in [6.45, 7) is 3.41. The van der Waals surface area contributed by atoms with E-state index in [0.717, 1.165) is 12.1 Å². The van der Waals surface area contributed by atoms with E-state index in [1.54, 1.807) is 6.92 Å². The van der Waals surface area contributed by atoms with E-state index >= 15 is 0 Å². The van der Waals surface area contributed by atoms with E-state index in [9.17, 15) is 13.6 Å². The van der Waals surface area contributed by atoms with Crippen LogP contribution in [0.3, 0.4) is 0 Å². The maximum Gasteiger partial charge on any atom is 0.315 e. The summed E-state index contributed by atoms with van der Waals surface area (Å²) in [7, 11) is 0. The van der Waals surface area contributed by atoms with Crippen molar-refractivity contribution >= 4 is 6.03 Å². The molecule has 3 N–H and O–H groups in total. The Labute approximate surface area is 122 Å². The summed E-state index contributed by atoms with van der Waals surface area (Å²) in [4.78, 5) is 11.6. The van der Waals surface area contributed by atoms with Crippen molar-refractivity contribution in [2.75, 3.05) is 13.2 Å². The number of rotatable bonds is 7. The zero-order valence-corrected chi connectivity index (χ0v) is 12.0. The summed E-state index contributed by atoms with van der Waals surface area (Å²) in [6.07, 6.45) is 0.607. The Bertz CT molecular complexity index is 468. The Morgan fingerprint density at radius 1 is 1.38 bits per heavy atom. The summed E-state index contributed by atoms with van der Waals surface area (Å²) in [5, 5.41) is 14.2. The fourth-order valence-corrected chi connectivity index (χ4v) is 1.58. The quantitative estimate of drug-likeness (QED) is 0.719. The molecule has 0 aliphatic heterocycles. The molecule has 2 amide bonds. The first-order valence-electron chi connectivity index (χ1n) is 6.72. The fraction of sp³-hybridized carbons (Fsp3) is 0.500. The highest BCUT2D eigenvalue weighted by atomic mass is 19.1. The van der Waals surface area contributed by atoms with Crippen LogP contribution in [0.5, 0.6) is 5.75 Å². The van der Waals surface area contributed by atoms with Gasteiger partial charge in [0, 0.05) is 6.07 Å². The van der Waals surface area contributed by atoms with E-state index in [1.807, 2.05) is 6.92 Å². The standard InChI is InChI=1S/C14H20F2N2O3/c1-3-11(7-19)18-14(20)17-9(2)8-21-13-5-4-10(15)6-12(13)16/h4-6,9,11,19H,3,7-8H2,1-2H3,(H2,17,18,20). The number of ether oxygens (including phenoxy) is 1. The van der Waals surface area contributed by atoms with E-state index in [2.05, 4.69) is 10.6 Å². The molecule has 0 spiro atoms. The van der Waals surface area contributed by atoms with Crippen LogP contribution in [0, 0.1) is 11.6 Å². The Hall–Kier alpha value is -1.89. The van der Waals surface area contributed by atoms with Gasteiger partial charge in [-0.3, -0.25) is 0 Å². The lowest BCUT2D eigenvalue weighted by Gasteiger charge is -2.19. The zero-order chi connectivity index (χ0) is 15.8. The van der Waals surface area contributed by atoms with Crippen molar-refractivity contribution in [3.63, 3.8) is 0 Å². The van der Waals surface area contributed by atoms with Crippen molar-refractivity contribution in [1.82, 2.24) is 10.6 Å². The SMILES string of the molecule is CCC(CO)NC(=O)NC(C)COc1ccc(F)cc1F. The van der Waals surface area contributed by atoms with Crippen molar-refractivity contribution in [2.45, 2.75) is 32.4 Å². The predicted octanol–water partition coefficient (Wildman–Crippen LogP) is 1.80. The minimum absolute atomic E-state index is 0.0336. The molecule has 118 valence electrons. The van der Waals surface area contributed by atoms with Crippen LogP contribution in [0.4, 0.5) is 13.6 Å². The van der Waals surface area contributed by atoms with Crippen LogP contribution in [-0.2, 0) is 0 Å². The Morgan fingerprint density at radius 2 is 2.10 bits per heavy atom. The highest BCUT2D eigenvalue weighted by Crippen LogP contribution is 2.17. The molecule has 0 heterocycles. The molecule has 0 aliphatic carbocycles. The number of amides is 2. The molecule has 0 aromatic heterocycles. The molecular formula is C14H20F2N2O3. The molecule has 0 bridgehead atoms. The van der Waals surface area contributed by atoms with Gasteiger partial charge in [0.1, 0.15) is 12.4 Å². The second-order valence-electron chi connectivity index (χ2n) is 4.69. The van der Waals surface area contributed by atoms with Gasteiger partial charge in [-0.25, -0.2) is 13.6 Å². The normalized spacial score (nSPS) is 13.4. The van der Waals surface area contributed by atoms with Gasteiger partial charge in [-0.15, -0.1) is 0 Å². The average Bonchev–Trinajstić information content (AvgIpc) is 2.43. The number of hydrogen-bond acceptors (Lipinski definition) is 3. The third kappa shape index (κ3) is 5.95. The van der Waals surface area contributed by atoms with Crippen LogP contribution in [-0.4, -0.2) is 36.4 Å². The van der Waals surface area contributed by atoms with Gasteiger partial charge in [0.2, 0.25) is 0 Å². The molecule has 0 saturated carbocycles. The maximum absolute atomic E-state index is 13.3. The molecule has 1 aromatic carbocycles. The molecule has 2 unspecified atom stereocenters. The van der Waals surface area contributed by atoms with Gasteiger partial charge < -0.3 is 20.5 Å². The Kier molecular flexibility index (Phi) is 6.87. The third-order valence-electron chi connectivity index (χ3n) is 2.81. The number of carbonyl (C=O) groups excluding carboxylic acids is 1. The molecule has 0 fully saturated rings. The van der Waals surface area contributed by atoms with Gasteiger partial charge >= 0.3 is 6.03 Å². The first kappa shape index (κ1) is 17.2. The van der Waals surface area contributed by atoms with Gasteiger partial charge in [0.25, 0.3) is 0 Å². The van der Waals surface area contributed by atoms with E-state index in [1.165, 1.54) is 6.07 Å². The number of urea groups is 1. The Morgan fingerprint density at radius 3 is 2.67 bits per heavy atom. The van der Waals surface area contributed by atoms with Crippen molar-refractivity contribution in [3.05, 3.63) is 29.8 Å². The Balaban J connectivity index is 2.40. The smallest absolute Gasteiger partial charge is 0.315 e. The summed E-state index contributed by atoms with van der Waals surface area (Å²) in [5.74, 6) is -1.55. The van der Waals surface area contributed by atoms with Gasteiger partial charge in [-0.2, -0.15) is 0 Å². The van der Waals surface area contributed by atoms with Crippen LogP contribution in [0.25, 0.3) is 0 Å². The van der Waals surface area contributed by atoms with Crippen LogP contribution in [0.1, 0.15) is 20.3 Å². The molecule has 5 nitrogen and oxygen atoms in total. The number of aliphatic hydroxyl groups excluding tert-OH is 1. The number of carbonyl (C=O) groups is 1. The lowest BCUT2D eigenvalue weighted by atomic mass is 10.2. The summed E-state index contributed by atoms with van der Waals surface area (Å²) >= 11 is 0. The van der Waals surface area contributed by atoms with Gasteiger partial charge in [0.05, 0.1) is 18.7 Å². The van der Waals surface area contributed by atoms with E-state index in [-0.39, 0.29) is 31.0 Å². The second-order valence-corrected chi connectivity index (χ2v) is 4.69. The average molecular weight is 302 g/mol. The van der Waals surface area contributed by atoms with Crippen LogP contribution >= 0.6 is 0 Å². The van der Waals surface area contributed by atoms with Crippen LogP contribution < -0.4 is 15.4 Å². The van der Waals surface area contributed by atoms with Gasteiger partial charge in [-0.1, -0.05) is 6.92 Å². The van der Waals surface area contributed by atoms with Crippen molar-refractivity contribution in [3.8, 4) is 5.75 Å². The monoisotopic (exact) mass is 302 g/mol. The number of halogens is 2. The number of benzene rings is 1. The van der Waals surface area contributed by atoms with Crippen molar-refractivity contribution in [1.29, 1.82) is 0 Å². The molecular weight excluding hydrogens is 282 g/mol. The number of nitrogens with one attached hydrogen (secondary N) is 2. The molecule has 2 atom stereocenters. The van der Waals surface area contributed by atoms with Gasteiger partial charge in [-0.05, 0) is 25.5 Å². The van der Waals surface area contributed by atoms with Crippen molar-refractivity contribution < 1.29 is 23.4 Å². The molecule has 1 aromatic rings. The second kappa shape index (κ2) is 8.41. The van der Waals surface area contributed by atoms with E-state index in [4.69, 9.17) is 9.84 Å². The minimum atomic E-state index is -0.794. The highest BCUT2D eigenvalue weighted by Gasteiger charge is 2.13. The maximum atomic E-state index is 13.3. The molecule has 0 radical (unpaired) electrons. The van der Waals surface area contributed by atoms with Crippen LogP contribution in [0.15, 0.2) is 18.2 Å². The predicted molar refractivity (Wildman–Crippen MR) is 74.1 cm³/mol. The molecule has 1 rings (SSSR count). The first-order valence-corrected chi connectivity index (χ1v) is 6.72. The highest BCUT2D eigenvalue weighted by molar-refractivity contribution is 5.74. The molecule has 7 heteroatoms. The largest absolute Gasteiger partial charge is 0.488 e. The lowest BCUT2D eigenvalue weighted by Crippen LogP contribution is -2.48. The zero-order valence-electron chi connectivity index (χ0n) is 12.0. The van der Waals surface area contributed by atoms with Crippen LogP contribution in [0.2, 0.25) is 0 Å². The van der Waals surface area contributed by atoms with E-state index in [0.29, 0.717) is 6.42 Å². The minimum Gasteiger partial charge on any atom is -0.488 e. The van der Waals surface area contributed by atoms with Gasteiger partial charge in [0.15, 0.2) is 11.6 Å². The lowest BCUT2D eigenvalue weighted by molar-refractivity contribution is 0.205. The summed E-state index contributed by atoms with van der Waals surface area (Å²) in [5.41, 5.74) is 0. The summed E-state index contributed by atoms with van der Waals surface area (Å²) in [6, 6.07) is 1.88. The van der Waals surface area contributed by atoms with Crippen molar-refractivity contribution in [2.24, 2.45) is 0 Å². The van der Waals surface area contributed by atoms with E-state index < -0.39 is 17.7 Å². The molecule has 0 saturated heterocycles. The molecule has 21 heavy (non-hydrogen) atoms. The topological polar surface area (TPSA) is 70.6 Å². The third-order valence-corrected chi connectivity index (χ3v) is 2.81. The molecule has 0 aliphatic rings. The first-order chi connectivity index (χ1) is 9.96. The number of aliphatic hydroxyl groups is 1. The number of hydrogen-bond donors (Lipinski definition) is 3. The fourth-order valence-electron chi connectivity index (χ4n) is 1.58.